The summed E-state index contributed by atoms with van der Waals surface area (Å²) in [5.41, 5.74) is 0. The minimum atomic E-state index is 0.197. The largest absolute Gasteiger partial charge is 0.349 e. The van der Waals surface area contributed by atoms with Gasteiger partial charge >= 0.3 is 0 Å². The fraction of sp³-hybridized carbons (Fsp3) is 1.00. The Morgan fingerprint density at radius 3 is 1.00 bits per heavy atom. The summed E-state index contributed by atoms with van der Waals surface area (Å²) in [5.74, 6) is 0. The Morgan fingerprint density at radius 2 is 0.722 bits per heavy atom. The molecule has 1 saturated heterocycles. The summed E-state index contributed by atoms with van der Waals surface area (Å²) in [6.45, 7) is 0.796. The molecule has 104 valence electrons. The predicted molar refractivity (Wildman–Crippen MR) is 66.2 cm³/mol. The summed E-state index contributed by atoms with van der Waals surface area (Å²) in [6, 6.07) is 0. The molecule has 3 aliphatic rings. The highest BCUT2D eigenvalue weighted by Gasteiger charge is 2.31. The van der Waals surface area contributed by atoms with E-state index in [0.29, 0.717) is 13.6 Å². The molecular formula is C14H24O4. The second-order valence-corrected chi connectivity index (χ2v) is 5.63. The van der Waals surface area contributed by atoms with Crippen LogP contribution in [0.1, 0.15) is 51.4 Å². The first-order valence-electron chi connectivity index (χ1n) is 7.40. The van der Waals surface area contributed by atoms with Crippen molar-refractivity contribution in [3.8, 4) is 0 Å². The smallest absolute Gasteiger partial charge is 0.147 e. The molecule has 0 N–H and O–H groups in total. The van der Waals surface area contributed by atoms with E-state index in [1.165, 1.54) is 25.7 Å². The summed E-state index contributed by atoms with van der Waals surface area (Å²) in [5, 5.41) is 0. The van der Waals surface area contributed by atoms with Crippen LogP contribution in [0.3, 0.4) is 0 Å². The highest BCUT2D eigenvalue weighted by Crippen LogP contribution is 2.28. The van der Waals surface area contributed by atoms with Gasteiger partial charge in [0, 0.05) is 0 Å². The highest BCUT2D eigenvalue weighted by atomic mass is 16.7. The van der Waals surface area contributed by atoms with Gasteiger partial charge in [0.05, 0.1) is 24.4 Å². The quantitative estimate of drug-likeness (QED) is 0.667. The van der Waals surface area contributed by atoms with Crippen molar-refractivity contribution in [2.45, 2.75) is 75.8 Å². The number of rotatable bonds is 0. The average Bonchev–Trinajstić information content (AvgIpc) is 2.43. The molecule has 0 radical (unpaired) electrons. The lowest BCUT2D eigenvalue weighted by Gasteiger charge is -2.36. The van der Waals surface area contributed by atoms with Gasteiger partial charge in [-0.2, -0.15) is 0 Å². The molecule has 3 rings (SSSR count). The van der Waals surface area contributed by atoms with E-state index in [0.717, 1.165) is 25.7 Å². The Hall–Kier alpha value is -0.160. The van der Waals surface area contributed by atoms with Crippen molar-refractivity contribution in [3.05, 3.63) is 0 Å². The van der Waals surface area contributed by atoms with Crippen LogP contribution in [0.15, 0.2) is 0 Å². The first-order valence-corrected chi connectivity index (χ1v) is 7.40. The van der Waals surface area contributed by atoms with Gasteiger partial charge in [-0.15, -0.1) is 0 Å². The molecule has 2 aliphatic carbocycles. The first kappa shape index (κ1) is 12.9. The van der Waals surface area contributed by atoms with Crippen molar-refractivity contribution in [2.75, 3.05) is 13.6 Å². The van der Waals surface area contributed by atoms with Crippen LogP contribution < -0.4 is 0 Å². The fourth-order valence-electron chi connectivity index (χ4n) is 3.32. The van der Waals surface area contributed by atoms with Crippen LogP contribution in [-0.4, -0.2) is 38.0 Å². The van der Waals surface area contributed by atoms with Crippen molar-refractivity contribution in [1.29, 1.82) is 0 Å². The minimum absolute atomic E-state index is 0.197. The lowest BCUT2D eigenvalue weighted by Crippen LogP contribution is -2.42. The Labute approximate surface area is 109 Å². The maximum Gasteiger partial charge on any atom is 0.147 e. The molecule has 3 fully saturated rings. The van der Waals surface area contributed by atoms with Crippen LogP contribution in [0.5, 0.6) is 0 Å². The molecule has 1 aliphatic heterocycles. The number of fused-ring (bicyclic) bond motifs is 2. The average molecular weight is 256 g/mol. The maximum absolute atomic E-state index is 5.87. The van der Waals surface area contributed by atoms with Gasteiger partial charge in [0.2, 0.25) is 0 Å². The SMILES string of the molecule is C1CCC2OCOC3CCCCC3OCOC2C1. The standard InChI is InChI=1S/C14H24O4/c1-2-6-12-11(5-1)15-9-17-13-7-3-4-8-14(13)18-10-16-12/h11-14H,1-10H2. The van der Waals surface area contributed by atoms with Crippen LogP contribution in [-0.2, 0) is 18.9 Å². The molecule has 4 atom stereocenters. The third kappa shape index (κ3) is 3.05. The third-order valence-corrected chi connectivity index (χ3v) is 4.41. The molecular weight excluding hydrogens is 232 g/mol. The van der Waals surface area contributed by atoms with Crippen molar-refractivity contribution in [1.82, 2.24) is 0 Å². The Kier molecular flexibility index (Phi) is 4.52. The van der Waals surface area contributed by atoms with Crippen molar-refractivity contribution in [3.63, 3.8) is 0 Å². The molecule has 4 nitrogen and oxygen atoms in total. The molecule has 18 heavy (non-hydrogen) atoms. The van der Waals surface area contributed by atoms with Gasteiger partial charge in [-0.05, 0) is 25.7 Å². The molecule has 1 heterocycles. The normalized spacial score (nSPS) is 42.7. The minimum Gasteiger partial charge on any atom is -0.349 e. The van der Waals surface area contributed by atoms with Crippen LogP contribution >= 0.6 is 0 Å². The summed E-state index contributed by atoms with van der Waals surface area (Å²) < 4.78 is 23.5. The lowest BCUT2D eigenvalue weighted by molar-refractivity contribution is -0.242. The molecule has 0 bridgehead atoms. The van der Waals surface area contributed by atoms with Gasteiger partial charge in [-0.25, -0.2) is 0 Å². The Bertz CT molecular complexity index is 208. The van der Waals surface area contributed by atoms with Gasteiger partial charge in [-0.3, -0.25) is 0 Å². The van der Waals surface area contributed by atoms with Crippen LogP contribution in [0.4, 0.5) is 0 Å². The predicted octanol–water partition coefficient (Wildman–Crippen LogP) is 2.60. The molecule has 0 aromatic heterocycles. The summed E-state index contributed by atoms with van der Waals surface area (Å²) in [6.07, 6.45) is 10.1. The lowest BCUT2D eigenvalue weighted by atomic mass is 9.94. The molecule has 0 amide bonds. The number of ether oxygens (including phenoxy) is 4. The number of hydrogen-bond acceptors (Lipinski definition) is 4. The van der Waals surface area contributed by atoms with Gasteiger partial charge in [0.25, 0.3) is 0 Å². The molecule has 0 aromatic rings. The first-order chi connectivity index (χ1) is 8.93. The van der Waals surface area contributed by atoms with Crippen LogP contribution in [0.2, 0.25) is 0 Å². The zero-order valence-electron chi connectivity index (χ0n) is 11.0. The summed E-state index contributed by atoms with van der Waals surface area (Å²) >= 11 is 0. The van der Waals surface area contributed by atoms with Gasteiger partial charge in [0.15, 0.2) is 0 Å². The van der Waals surface area contributed by atoms with E-state index in [2.05, 4.69) is 0 Å². The van der Waals surface area contributed by atoms with Gasteiger partial charge < -0.3 is 18.9 Å². The van der Waals surface area contributed by atoms with E-state index in [4.69, 9.17) is 18.9 Å². The van der Waals surface area contributed by atoms with Gasteiger partial charge in [-0.1, -0.05) is 25.7 Å². The molecule has 4 unspecified atom stereocenters. The fourth-order valence-corrected chi connectivity index (χ4v) is 3.32. The summed E-state index contributed by atoms with van der Waals surface area (Å²) in [7, 11) is 0. The van der Waals surface area contributed by atoms with Gasteiger partial charge in [0.1, 0.15) is 13.6 Å². The third-order valence-electron chi connectivity index (χ3n) is 4.41. The van der Waals surface area contributed by atoms with E-state index in [1.807, 2.05) is 0 Å². The molecule has 2 saturated carbocycles. The van der Waals surface area contributed by atoms with E-state index in [1.54, 1.807) is 0 Å². The highest BCUT2D eigenvalue weighted by molar-refractivity contribution is 4.79. The zero-order valence-corrected chi connectivity index (χ0v) is 11.0. The monoisotopic (exact) mass is 256 g/mol. The van der Waals surface area contributed by atoms with E-state index in [-0.39, 0.29) is 24.4 Å². The second-order valence-electron chi connectivity index (χ2n) is 5.63. The summed E-state index contributed by atoms with van der Waals surface area (Å²) in [4.78, 5) is 0. The number of hydrogen-bond donors (Lipinski definition) is 0. The van der Waals surface area contributed by atoms with E-state index >= 15 is 0 Å². The molecule has 0 spiro atoms. The van der Waals surface area contributed by atoms with Crippen LogP contribution in [0.25, 0.3) is 0 Å². The zero-order chi connectivity index (χ0) is 12.2. The second kappa shape index (κ2) is 6.33. The van der Waals surface area contributed by atoms with Crippen molar-refractivity contribution < 1.29 is 18.9 Å². The van der Waals surface area contributed by atoms with E-state index in [9.17, 15) is 0 Å². The molecule has 4 heteroatoms. The van der Waals surface area contributed by atoms with Crippen molar-refractivity contribution in [2.24, 2.45) is 0 Å². The topological polar surface area (TPSA) is 36.9 Å². The Balaban J connectivity index is 1.59. The van der Waals surface area contributed by atoms with Crippen molar-refractivity contribution >= 4 is 0 Å². The Morgan fingerprint density at radius 1 is 0.444 bits per heavy atom. The van der Waals surface area contributed by atoms with E-state index < -0.39 is 0 Å². The molecule has 0 aromatic carbocycles. The maximum atomic E-state index is 5.87. The van der Waals surface area contributed by atoms with Crippen LogP contribution in [0, 0.1) is 0 Å².